The zero-order valence-corrected chi connectivity index (χ0v) is 22.6. The van der Waals surface area contributed by atoms with Gasteiger partial charge in [-0.05, 0) is 61.1 Å². The molecule has 1 aromatic carbocycles. The van der Waals surface area contributed by atoms with Crippen LogP contribution in [0.4, 0.5) is 0 Å². The Kier molecular flexibility index (Phi) is 30.4. The molecular formula is C31H54. The molecule has 0 bridgehead atoms. The van der Waals surface area contributed by atoms with E-state index in [1.807, 2.05) is 32.9 Å². The standard InChI is InChI=1S/C15H24.C10H16.C2H6.2C2H4/c1-5-12-15(6-2,7-3)14-11-9-8-10-13(14)4;1-5-7-10(8-6-2)9(3)4;3*1-2/h8-11H,5-7,12H2,1-4H3;5-9H,1H2,2-4H3;1-2H3;2*1-2H2/b;8-6-,10-7+;;;. The third-order valence-electron chi connectivity index (χ3n) is 5.13. The summed E-state index contributed by atoms with van der Waals surface area (Å²) < 4.78 is 0. The zero-order chi connectivity index (χ0) is 25.3. The first-order chi connectivity index (χ1) is 14.9. The van der Waals surface area contributed by atoms with Crippen molar-refractivity contribution in [2.75, 3.05) is 0 Å². The molecule has 1 rings (SSSR count). The van der Waals surface area contributed by atoms with Gasteiger partial charge in [0.05, 0.1) is 0 Å². The van der Waals surface area contributed by atoms with Gasteiger partial charge in [-0.3, -0.25) is 0 Å². The summed E-state index contributed by atoms with van der Waals surface area (Å²) in [5.74, 6) is 0.592. The highest BCUT2D eigenvalue weighted by molar-refractivity contribution is 5.33. The molecule has 0 spiro atoms. The van der Waals surface area contributed by atoms with Crippen molar-refractivity contribution >= 4 is 0 Å². The molecule has 1 aromatic rings. The number of allylic oxidation sites excluding steroid dienone is 5. The molecule has 0 heteroatoms. The van der Waals surface area contributed by atoms with Crippen LogP contribution in [0.5, 0.6) is 0 Å². The second-order valence-electron chi connectivity index (χ2n) is 7.11. The van der Waals surface area contributed by atoms with Crippen LogP contribution in [0.1, 0.15) is 92.2 Å². The summed E-state index contributed by atoms with van der Waals surface area (Å²) in [4.78, 5) is 0. The quantitative estimate of drug-likeness (QED) is 0.286. The summed E-state index contributed by atoms with van der Waals surface area (Å²) >= 11 is 0. The Labute approximate surface area is 197 Å². The number of rotatable bonds is 8. The van der Waals surface area contributed by atoms with E-state index in [1.54, 1.807) is 5.56 Å². The average Bonchev–Trinajstić information content (AvgIpc) is 2.82. The summed E-state index contributed by atoms with van der Waals surface area (Å²) in [6.07, 6.45) is 13.1. The van der Waals surface area contributed by atoms with Gasteiger partial charge in [-0.15, -0.1) is 26.3 Å². The van der Waals surface area contributed by atoms with Crippen LogP contribution in [0.3, 0.4) is 0 Å². The zero-order valence-electron chi connectivity index (χ0n) is 22.6. The van der Waals surface area contributed by atoms with Crippen molar-refractivity contribution in [3.05, 3.63) is 98.2 Å². The fourth-order valence-corrected chi connectivity index (χ4v) is 3.53. The maximum absolute atomic E-state index is 3.65. The third kappa shape index (κ3) is 15.4. The van der Waals surface area contributed by atoms with Crippen LogP contribution in [0.25, 0.3) is 0 Å². The topological polar surface area (TPSA) is 0 Å². The van der Waals surface area contributed by atoms with Crippen molar-refractivity contribution in [2.24, 2.45) is 5.92 Å². The predicted octanol–water partition coefficient (Wildman–Crippen LogP) is 10.8. The molecule has 0 heterocycles. The van der Waals surface area contributed by atoms with E-state index < -0.39 is 0 Å². The lowest BCUT2D eigenvalue weighted by Crippen LogP contribution is -2.25. The average molecular weight is 427 g/mol. The number of hydrogen-bond donors (Lipinski definition) is 0. The van der Waals surface area contributed by atoms with Gasteiger partial charge >= 0.3 is 0 Å². The van der Waals surface area contributed by atoms with E-state index in [2.05, 4.69) is 111 Å². The van der Waals surface area contributed by atoms with E-state index in [0.717, 1.165) is 0 Å². The molecule has 31 heavy (non-hydrogen) atoms. The molecule has 0 saturated carbocycles. The molecule has 0 fully saturated rings. The normalized spacial score (nSPS) is 10.3. The summed E-state index contributed by atoms with van der Waals surface area (Å²) in [6.45, 7) is 35.2. The van der Waals surface area contributed by atoms with Crippen LogP contribution in [-0.2, 0) is 5.41 Å². The monoisotopic (exact) mass is 426 g/mol. The maximum Gasteiger partial charge on any atom is -0.00497 e. The molecule has 0 aliphatic heterocycles. The SMILES string of the molecule is C=C.C=C.C=C/C=C(\C=C/C)C(C)C.CC.CCCC(CC)(CC)c1ccccc1C. The lowest BCUT2D eigenvalue weighted by Gasteiger charge is -2.33. The molecule has 0 unspecified atom stereocenters. The fourth-order valence-electron chi connectivity index (χ4n) is 3.53. The Hall–Kier alpha value is -2.08. The Morgan fingerprint density at radius 2 is 1.45 bits per heavy atom. The van der Waals surface area contributed by atoms with E-state index in [1.165, 1.54) is 36.8 Å². The highest BCUT2D eigenvalue weighted by Crippen LogP contribution is 2.37. The summed E-state index contributed by atoms with van der Waals surface area (Å²) in [7, 11) is 0. The van der Waals surface area contributed by atoms with E-state index in [4.69, 9.17) is 0 Å². The van der Waals surface area contributed by atoms with Crippen LogP contribution >= 0.6 is 0 Å². The van der Waals surface area contributed by atoms with Gasteiger partial charge in [0.2, 0.25) is 0 Å². The van der Waals surface area contributed by atoms with Gasteiger partial charge in [0.1, 0.15) is 0 Å². The first kappa shape index (κ1) is 36.3. The Morgan fingerprint density at radius 1 is 0.968 bits per heavy atom. The van der Waals surface area contributed by atoms with Gasteiger partial charge in [0.25, 0.3) is 0 Å². The van der Waals surface area contributed by atoms with E-state index in [0.29, 0.717) is 11.3 Å². The van der Waals surface area contributed by atoms with Crippen LogP contribution in [0.15, 0.2) is 87.0 Å². The smallest absolute Gasteiger partial charge is 0.00497 e. The minimum absolute atomic E-state index is 0.417. The lowest BCUT2D eigenvalue weighted by molar-refractivity contribution is 0.360. The minimum Gasteiger partial charge on any atom is -0.106 e. The fraction of sp³-hybridized carbons (Fsp3) is 0.484. The maximum atomic E-state index is 3.65. The Morgan fingerprint density at radius 3 is 1.77 bits per heavy atom. The molecule has 0 aliphatic rings. The minimum atomic E-state index is 0.417. The second kappa shape index (κ2) is 26.0. The van der Waals surface area contributed by atoms with Gasteiger partial charge in [0, 0.05) is 0 Å². The number of benzene rings is 1. The van der Waals surface area contributed by atoms with Gasteiger partial charge in [-0.2, -0.15) is 0 Å². The summed E-state index contributed by atoms with van der Waals surface area (Å²) in [6, 6.07) is 8.88. The third-order valence-corrected chi connectivity index (χ3v) is 5.13. The molecule has 0 nitrogen and oxygen atoms in total. The molecule has 0 aliphatic carbocycles. The predicted molar refractivity (Wildman–Crippen MR) is 150 cm³/mol. The van der Waals surface area contributed by atoms with Crippen molar-refractivity contribution in [1.82, 2.24) is 0 Å². The number of hydrogen-bond acceptors (Lipinski definition) is 0. The van der Waals surface area contributed by atoms with Gasteiger partial charge < -0.3 is 0 Å². The molecule has 0 atom stereocenters. The van der Waals surface area contributed by atoms with Gasteiger partial charge in [0.15, 0.2) is 0 Å². The Bertz CT molecular complexity index is 565. The molecule has 0 amide bonds. The van der Waals surface area contributed by atoms with Crippen molar-refractivity contribution in [2.45, 2.75) is 93.4 Å². The van der Waals surface area contributed by atoms with Crippen LogP contribution in [-0.4, -0.2) is 0 Å². The molecule has 0 radical (unpaired) electrons. The van der Waals surface area contributed by atoms with Crippen molar-refractivity contribution < 1.29 is 0 Å². The molecule has 0 aromatic heterocycles. The largest absolute Gasteiger partial charge is 0.106 e. The van der Waals surface area contributed by atoms with Crippen LogP contribution in [0, 0.1) is 12.8 Å². The van der Waals surface area contributed by atoms with Crippen LogP contribution in [0.2, 0.25) is 0 Å². The van der Waals surface area contributed by atoms with Crippen molar-refractivity contribution in [1.29, 1.82) is 0 Å². The van der Waals surface area contributed by atoms with Crippen LogP contribution < -0.4 is 0 Å². The first-order valence-corrected chi connectivity index (χ1v) is 11.9. The van der Waals surface area contributed by atoms with E-state index >= 15 is 0 Å². The van der Waals surface area contributed by atoms with Gasteiger partial charge in [-0.25, -0.2) is 0 Å². The Balaban J connectivity index is -0.000000198. The highest BCUT2D eigenvalue weighted by Gasteiger charge is 2.28. The summed E-state index contributed by atoms with van der Waals surface area (Å²) in [5, 5.41) is 0. The molecular weight excluding hydrogens is 372 g/mol. The molecule has 178 valence electrons. The molecule has 0 saturated heterocycles. The van der Waals surface area contributed by atoms with E-state index in [9.17, 15) is 0 Å². The summed E-state index contributed by atoms with van der Waals surface area (Å²) in [5.41, 5.74) is 4.77. The molecule has 0 N–H and O–H groups in total. The van der Waals surface area contributed by atoms with E-state index in [-0.39, 0.29) is 0 Å². The van der Waals surface area contributed by atoms with Gasteiger partial charge in [-0.1, -0.05) is 110 Å². The van der Waals surface area contributed by atoms with Crippen molar-refractivity contribution in [3.63, 3.8) is 0 Å². The number of aryl methyl sites for hydroxylation is 1. The first-order valence-electron chi connectivity index (χ1n) is 11.9. The second-order valence-corrected chi connectivity index (χ2v) is 7.11. The highest BCUT2D eigenvalue weighted by atomic mass is 14.3. The van der Waals surface area contributed by atoms with Crippen molar-refractivity contribution in [3.8, 4) is 0 Å². The lowest BCUT2D eigenvalue weighted by atomic mass is 9.71.